The zero-order valence-electron chi connectivity index (χ0n) is 15.8. The van der Waals surface area contributed by atoms with Crippen LogP contribution in [0.2, 0.25) is 0 Å². The zero-order valence-corrected chi connectivity index (χ0v) is 15.8. The Labute approximate surface area is 158 Å². The van der Waals surface area contributed by atoms with E-state index in [0.717, 1.165) is 10.9 Å². The fourth-order valence-electron chi connectivity index (χ4n) is 2.81. The van der Waals surface area contributed by atoms with Crippen LogP contribution in [0.3, 0.4) is 0 Å². The van der Waals surface area contributed by atoms with Crippen molar-refractivity contribution >= 4 is 16.7 Å². The molecule has 0 fully saturated rings. The number of carbonyl (C=O) groups excluding carboxylic acids is 1. The lowest BCUT2D eigenvalue weighted by molar-refractivity contribution is 0.0590. The number of carbonyl (C=O) groups is 1. The Hall–Kier alpha value is -3.12. The summed E-state index contributed by atoms with van der Waals surface area (Å²) in [6.07, 6.45) is 0. The average Bonchev–Trinajstić information content (AvgIpc) is 2.65. The number of aromatic hydroxyl groups is 1. The molecule has 1 N–H and O–H groups in total. The van der Waals surface area contributed by atoms with E-state index >= 15 is 0 Å². The molecule has 140 valence electrons. The Morgan fingerprint density at radius 2 is 1.74 bits per heavy atom. The molecule has 0 unspecified atom stereocenters. The first-order chi connectivity index (χ1) is 12.9. The molecule has 6 heteroatoms. The van der Waals surface area contributed by atoms with Gasteiger partial charge in [0.1, 0.15) is 11.5 Å². The molecule has 0 aliphatic rings. The van der Waals surface area contributed by atoms with E-state index in [1.165, 1.54) is 7.11 Å². The van der Waals surface area contributed by atoms with Crippen LogP contribution < -0.4 is 4.74 Å². The number of pyridine rings is 1. The molecule has 3 rings (SSSR count). The summed E-state index contributed by atoms with van der Waals surface area (Å²) in [5.74, 6) is 0.350. The Bertz CT molecular complexity index is 982. The molecule has 6 nitrogen and oxygen atoms in total. The lowest BCUT2D eigenvalue weighted by Crippen LogP contribution is -2.15. The molecule has 1 aromatic heterocycles. The van der Waals surface area contributed by atoms with Crippen LogP contribution in [-0.2, 0) is 11.3 Å². The van der Waals surface area contributed by atoms with Crippen molar-refractivity contribution in [3.8, 4) is 17.2 Å². The second-order valence-corrected chi connectivity index (χ2v) is 6.61. The minimum Gasteiger partial charge on any atom is -0.505 e. The Kier molecular flexibility index (Phi) is 5.28. The molecular formula is C21H22N2O4. The van der Waals surface area contributed by atoms with Crippen molar-refractivity contribution in [1.29, 1.82) is 0 Å². The highest BCUT2D eigenvalue weighted by Crippen LogP contribution is 2.34. The van der Waals surface area contributed by atoms with Crippen molar-refractivity contribution in [1.82, 2.24) is 9.88 Å². The van der Waals surface area contributed by atoms with Crippen LogP contribution >= 0.6 is 0 Å². The summed E-state index contributed by atoms with van der Waals surface area (Å²) in [7, 11) is 5.08. The van der Waals surface area contributed by atoms with Gasteiger partial charge < -0.3 is 19.5 Å². The van der Waals surface area contributed by atoms with Crippen LogP contribution in [0, 0.1) is 6.92 Å². The van der Waals surface area contributed by atoms with Crippen molar-refractivity contribution in [3.05, 3.63) is 59.4 Å². The van der Waals surface area contributed by atoms with Gasteiger partial charge in [0.15, 0.2) is 11.4 Å². The molecule has 0 bridgehead atoms. The zero-order chi connectivity index (χ0) is 19.6. The van der Waals surface area contributed by atoms with Crippen LogP contribution in [0.15, 0.2) is 42.5 Å². The Morgan fingerprint density at radius 1 is 1.07 bits per heavy atom. The van der Waals surface area contributed by atoms with E-state index in [1.54, 1.807) is 6.07 Å². The summed E-state index contributed by atoms with van der Waals surface area (Å²) in [5.41, 5.74) is 1.71. The molecule has 0 radical (unpaired) electrons. The van der Waals surface area contributed by atoms with Crippen molar-refractivity contribution in [3.63, 3.8) is 0 Å². The summed E-state index contributed by atoms with van der Waals surface area (Å²) in [5, 5.41) is 11.9. The second-order valence-electron chi connectivity index (χ2n) is 6.61. The van der Waals surface area contributed by atoms with E-state index in [-0.39, 0.29) is 11.4 Å². The third-order valence-corrected chi connectivity index (χ3v) is 4.13. The molecule has 0 aliphatic carbocycles. The molecule has 0 amide bonds. The van der Waals surface area contributed by atoms with Crippen LogP contribution in [0.4, 0.5) is 0 Å². The maximum absolute atomic E-state index is 12.0. The first-order valence-electron chi connectivity index (χ1n) is 8.52. The van der Waals surface area contributed by atoms with E-state index < -0.39 is 5.97 Å². The highest BCUT2D eigenvalue weighted by molar-refractivity contribution is 6.00. The number of ether oxygens (including phenoxy) is 2. The number of rotatable bonds is 5. The highest BCUT2D eigenvalue weighted by atomic mass is 16.5. The van der Waals surface area contributed by atoms with Crippen LogP contribution in [-0.4, -0.2) is 42.2 Å². The third kappa shape index (κ3) is 4.01. The lowest BCUT2D eigenvalue weighted by Gasteiger charge is -2.15. The molecule has 1 heterocycles. The summed E-state index contributed by atoms with van der Waals surface area (Å²) in [6.45, 7) is 2.52. The standard InChI is InChI=1S/C21H22N2O4/c1-13-5-7-14(8-6-13)27-15-9-10-16-17(11-15)20(24)19(21(25)26-4)22-18(16)12-23(2)3/h5-11,24H,12H2,1-4H3. The van der Waals surface area contributed by atoms with E-state index in [1.807, 2.05) is 62.3 Å². The van der Waals surface area contributed by atoms with Gasteiger partial charge >= 0.3 is 5.97 Å². The third-order valence-electron chi connectivity index (χ3n) is 4.13. The molecule has 0 aliphatic heterocycles. The quantitative estimate of drug-likeness (QED) is 0.691. The summed E-state index contributed by atoms with van der Waals surface area (Å²) in [6, 6.07) is 13.0. The number of methoxy groups -OCH3 is 1. The van der Waals surface area contributed by atoms with Gasteiger partial charge in [-0.15, -0.1) is 0 Å². The van der Waals surface area contributed by atoms with Crippen LogP contribution in [0.25, 0.3) is 10.8 Å². The number of fused-ring (bicyclic) bond motifs is 1. The first-order valence-corrected chi connectivity index (χ1v) is 8.52. The van der Waals surface area contributed by atoms with Gasteiger partial charge in [0.05, 0.1) is 12.8 Å². The van der Waals surface area contributed by atoms with Crippen molar-refractivity contribution in [2.45, 2.75) is 13.5 Å². The van der Waals surface area contributed by atoms with Crippen molar-refractivity contribution in [2.24, 2.45) is 0 Å². The Balaban J connectivity index is 2.11. The summed E-state index contributed by atoms with van der Waals surface area (Å²) < 4.78 is 10.6. The maximum atomic E-state index is 12.0. The van der Waals surface area contributed by atoms with Gasteiger partial charge in [-0.05, 0) is 51.4 Å². The summed E-state index contributed by atoms with van der Waals surface area (Å²) in [4.78, 5) is 18.3. The molecule has 0 saturated heterocycles. The van der Waals surface area contributed by atoms with Gasteiger partial charge in [0.25, 0.3) is 0 Å². The largest absolute Gasteiger partial charge is 0.505 e. The predicted molar refractivity (Wildman–Crippen MR) is 103 cm³/mol. The van der Waals surface area contributed by atoms with Crippen molar-refractivity contribution < 1.29 is 19.4 Å². The first kappa shape index (κ1) is 18.7. The SMILES string of the molecule is COC(=O)c1nc(CN(C)C)c2ccc(Oc3ccc(C)cc3)cc2c1O. The van der Waals surface area contributed by atoms with Gasteiger partial charge in [0.2, 0.25) is 0 Å². The number of nitrogens with zero attached hydrogens (tertiary/aromatic N) is 2. The minimum atomic E-state index is -0.681. The molecule has 27 heavy (non-hydrogen) atoms. The number of aryl methyl sites for hydroxylation is 1. The van der Waals surface area contributed by atoms with E-state index in [0.29, 0.717) is 29.1 Å². The smallest absolute Gasteiger partial charge is 0.360 e. The van der Waals surface area contributed by atoms with Gasteiger partial charge in [-0.2, -0.15) is 0 Å². The van der Waals surface area contributed by atoms with Crippen LogP contribution in [0.5, 0.6) is 17.2 Å². The number of aromatic nitrogens is 1. The number of esters is 1. The van der Waals surface area contributed by atoms with Gasteiger partial charge in [0, 0.05) is 17.3 Å². The molecule has 3 aromatic rings. The Morgan fingerprint density at radius 3 is 2.37 bits per heavy atom. The van der Waals surface area contributed by atoms with Gasteiger partial charge in [-0.3, -0.25) is 0 Å². The topological polar surface area (TPSA) is 71.9 Å². The van der Waals surface area contributed by atoms with Gasteiger partial charge in [-0.1, -0.05) is 17.7 Å². The summed E-state index contributed by atoms with van der Waals surface area (Å²) >= 11 is 0. The molecule has 0 saturated carbocycles. The monoisotopic (exact) mass is 366 g/mol. The number of hydrogen-bond acceptors (Lipinski definition) is 6. The molecule has 0 atom stereocenters. The molecule has 0 spiro atoms. The average molecular weight is 366 g/mol. The molecular weight excluding hydrogens is 344 g/mol. The minimum absolute atomic E-state index is 0.102. The molecule has 2 aromatic carbocycles. The van der Waals surface area contributed by atoms with E-state index in [2.05, 4.69) is 4.98 Å². The maximum Gasteiger partial charge on any atom is 0.360 e. The second kappa shape index (κ2) is 7.63. The van der Waals surface area contributed by atoms with Gasteiger partial charge in [-0.25, -0.2) is 9.78 Å². The fraction of sp³-hybridized carbons (Fsp3) is 0.238. The predicted octanol–water partition coefficient (Wildman–Crippen LogP) is 3.89. The number of benzene rings is 2. The normalized spacial score (nSPS) is 11.0. The van der Waals surface area contributed by atoms with E-state index in [4.69, 9.17) is 9.47 Å². The van der Waals surface area contributed by atoms with E-state index in [9.17, 15) is 9.90 Å². The van der Waals surface area contributed by atoms with Crippen LogP contribution in [0.1, 0.15) is 21.7 Å². The number of hydrogen-bond donors (Lipinski definition) is 1. The van der Waals surface area contributed by atoms with Crippen molar-refractivity contribution in [2.75, 3.05) is 21.2 Å². The highest BCUT2D eigenvalue weighted by Gasteiger charge is 2.20. The fourth-order valence-corrected chi connectivity index (χ4v) is 2.81. The lowest BCUT2D eigenvalue weighted by atomic mass is 10.1.